The zero-order valence-corrected chi connectivity index (χ0v) is 16.7. The molecule has 1 aliphatic carbocycles. The van der Waals surface area contributed by atoms with Crippen LogP contribution in [-0.2, 0) is 19.4 Å². The molecular weight excluding hydrogens is 381 g/mol. The maximum atomic E-state index is 13.1. The number of aryl methyl sites for hydroxylation is 1. The first-order chi connectivity index (χ1) is 14.6. The summed E-state index contributed by atoms with van der Waals surface area (Å²) >= 11 is 0. The van der Waals surface area contributed by atoms with E-state index >= 15 is 0 Å². The van der Waals surface area contributed by atoms with Crippen molar-refractivity contribution in [3.63, 3.8) is 0 Å². The van der Waals surface area contributed by atoms with Gasteiger partial charge in [-0.3, -0.25) is 0 Å². The molecule has 1 heterocycles. The Bertz CT molecular complexity index is 1120. The van der Waals surface area contributed by atoms with Crippen LogP contribution in [0, 0.1) is 17.1 Å². The molecule has 0 aliphatic heterocycles. The van der Waals surface area contributed by atoms with Gasteiger partial charge in [0, 0.05) is 16.8 Å². The van der Waals surface area contributed by atoms with E-state index in [-0.39, 0.29) is 18.2 Å². The maximum absolute atomic E-state index is 13.1. The van der Waals surface area contributed by atoms with Crippen molar-refractivity contribution in [1.82, 2.24) is 4.98 Å². The van der Waals surface area contributed by atoms with Gasteiger partial charge >= 0.3 is 0 Å². The van der Waals surface area contributed by atoms with Crippen LogP contribution in [0.25, 0.3) is 11.1 Å². The summed E-state index contributed by atoms with van der Waals surface area (Å²) in [6.45, 7) is 0.275. The van der Waals surface area contributed by atoms with E-state index in [4.69, 9.17) is 15.2 Å². The van der Waals surface area contributed by atoms with Crippen LogP contribution in [0.2, 0.25) is 0 Å². The lowest BCUT2D eigenvalue weighted by Crippen LogP contribution is -2.12. The molecule has 152 valence electrons. The van der Waals surface area contributed by atoms with Crippen molar-refractivity contribution in [3.05, 3.63) is 70.7 Å². The third-order valence-corrected chi connectivity index (χ3v) is 5.40. The average Bonchev–Trinajstić information content (AvgIpc) is 2.77. The first-order valence-electron chi connectivity index (χ1n) is 9.87. The number of rotatable bonds is 5. The Morgan fingerprint density at radius 3 is 2.63 bits per heavy atom. The summed E-state index contributed by atoms with van der Waals surface area (Å²) in [6, 6.07) is 13.9. The quantitative estimate of drug-likeness (QED) is 0.661. The number of hydrogen-bond acceptors (Lipinski definition) is 5. The molecule has 2 N–H and O–H groups in total. The lowest BCUT2D eigenvalue weighted by Gasteiger charge is -2.21. The minimum absolute atomic E-state index is 0.274. The molecule has 2 aromatic carbocycles. The van der Waals surface area contributed by atoms with Crippen molar-refractivity contribution < 1.29 is 13.9 Å². The minimum atomic E-state index is -0.308. The van der Waals surface area contributed by atoms with Crippen LogP contribution in [0.15, 0.2) is 42.5 Å². The molecule has 0 amide bonds. The van der Waals surface area contributed by atoms with E-state index in [9.17, 15) is 9.65 Å². The van der Waals surface area contributed by atoms with Gasteiger partial charge in [-0.15, -0.1) is 0 Å². The van der Waals surface area contributed by atoms with E-state index in [1.807, 2.05) is 18.2 Å². The van der Waals surface area contributed by atoms with Crippen LogP contribution in [0.4, 0.5) is 10.2 Å². The van der Waals surface area contributed by atoms with E-state index in [1.165, 1.54) is 12.1 Å². The van der Waals surface area contributed by atoms with Crippen molar-refractivity contribution in [1.29, 1.82) is 5.26 Å². The van der Waals surface area contributed by atoms with Crippen molar-refractivity contribution in [2.75, 3.05) is 12.8 Å². The number of ether oxygens (including phenoxy) is 2. The summed E-state index contributed by atoms with van der Waals surface area (Å²) in [6.07, 6.45) is 3.90. The highest BCUT2D eigenvalue weighted by Gasteiger charge is 2.22. The predicted octanol–water partition coefficient (Wildman–Crippen LogP) is 4.81. The largest absolute Gasteiger partial charge is 0.496 e. The fourth-order valence-electron chi connectivity index (χ4n) is 3.91. The van der Waals surface area contributed by atoms with Crippen LogP contribution in [0.5, 0.6) is 11.5 Å². The molecule has 5 nitrogen and oxygen atoms in total. The number of aromatic nitrogens is 1. The van der Waals surface area contributed by atoms with Crippen molar-refractivity contribution in [2.45, 2.75) is 32.3 Å². The number of nitriles is 1. The molecule has 3 aromatic rings. The summed E-state index contributed by atoms with van der Waals surface area (Å²) < 4.78 is 24.4. The molecule has 4 rings (SSSR count). The van der Waals surface area contributed by atoms with Crippen LogP contribution < -0.4 is 15.2 Å². The molecule has 0 saturated carbocycles. The highest BCUT2D eigenvalue weighted by Crippen LogP contribution is 2.38. The molecule has 0 radical (unpaired) electrons. The lowest BCUT2D eigenvalue weighted by molar-refractivity contribution is 0.296. The number of fused-ring (bicyclic) bond motifs is 1. The van der Waals surface area contributed by atoms with Crippen LogP contribution in [-0.4, -0.2) is 12.1 Å². The second kappa shape index (κ2) is 8.42. The van der Waals surface area contributed by atoms with Gasteiger partial charge < -0.3 is 15.2 Å². The Morgan fingerprint density at radius 2 is 1.90 bits per heavy atom. The number of pyridine rings is 1. The summed E-state index contributed by atoms with van der Waals surface area (Å²) in [4.78, 5) is 4.48. The second-order valence-electron chi connectivity index (χ2n) is 7.26. The zero-order valence-electron chi connectivity index (χ0n) is 16.7. The topological polar surface area (TPSA) is 81.2 Å². The monoisotopic (exact) mass is 403 g/mol. The Balaban J connectivity index is 1.70. The van der Waals surface area contributed by atoms with Gasteiger partial charge in [0.25, 0.3) is 0 Å². The first-order valence-corrected chi connectivity index (χ1v) is 9.87. The molecule has 1 aromatic heterocycles. The Morgan fingerprint density at radius 1 is 1.13 bits per heavy atom. The minimum Gasteiger partial charge on any atom is -0.496 e. The van der Waals surface area contributed by atoms with Crippen molar-refractivity contribution in [3.8, 4) is 28.7 Å². The summed E-state index contributed by atoms with van der Waals surface area (Å²) in [5, 5.41) is 9.73. The maximum Gasteiger partial charge on any atom is 0.142 e. The first kappa shape index (κ1) is 19.7. The molecule has 0 saturated heterocycles. The van der Waals surface area contributed by atoms with E-state index in [0.717, 1.165) is 53.6 Å². The normalized spacial score (nSPS) is 12.7. The van der Waals surface area contributed by atoms with Gasteiger partial charge in [0.05, 0.1) is 7.11 Å². The standard InChI is InChI=1S/C24H22FN3O2/c1-29-22-12-15(6-7-16(22)14-30-18-10-8-17(25)9-11-18)23-19-4-2-3-5-21(19)28-24(27)20(23)13-26/h6-12H,2-5,14H2,1H3,(H2,27,28). The van der Waals surface area contributed by atoms with Gasteiger partial charge in [-0.05, 0) is 67.1 Å². The average molecular weight is 403 g/mol. The van der Waals surface area contributed by atoms with Crippen molar-refractivity contribution >= 4 is 5.82 Å². The number of nitrogens with two attached hydrogens (primary N) is 1. The number of anilines is 1. The van der Waals surface area contributed by atoms with E-state index in [0.29, 0.717) is 17.1 Å². The lowest BCUT2D eigenvalue weighted by atomic mass is 9.86. The summed E-state index contributed by atoms with van der Waals surface area (Å²) in [5.74, 6) is 1.19. The van der Waals surface area contributed by atoms with Crippen LogP contribution in [0.3, 0.4) is 0 Å². The van der Waals surface area contributed by atoms with E-state index in [1.54, 1.807) is 19.2 Å². The molecule has 0 bridgehead atoms. The highest BCUT2D eigenvalue weighted by atomic mass is 19.1. The predicted molar refractivity (Wildman–Crippen MR) is 113 cm³/mol. The number of nitrogen functional groups attached to an aromatic ring is 1. The number of methoxy groups -OCH3 is 1. The Hall–Kier alpha value is -3.59. The van der Waals surface area contributed by atoms with Gasteiger partial charge in [-0.1, -0.05) is 12.1 Å². The van der Waals surface area contributed by atoms with E-state index < -0.39 is 0 Å². The molecule has 30 heavy (non-hydrogen) atoms. The number of benzene rings is 2. The second-order valence-corrected chi connectivity index (χ2v) is 7.26. The molecular formula is C24H22FN3O2. The third-order valence-electron chi connectivity index (χ3n) is 5.40. The van der Waals surface area contributed by atoms with Crippen LogP contribution >= 0.6 is 0 Å². The highest BCUT2D eigenvalue weighted by molar-refractivity contribution is 5.80. The molecule has 0 unspecified atom stereocenters. The third kappa shape index (κ3) is 3.79. The van der Waals surface area contributed by atoms with Crippen LogP contribution in [0.1, 0.15) is 35.2 Å². The fourth-order valence-corrected chi connectivity index (χ4v) is 3.91. The van der Waals surface area contributed by atoms with Crippen molar-refractivity contribution in [2.24, 2.45) is 0 Å². The van der Waals surface area contributed by atoms with Gasteiger partial charge in [-0.2, -0.15) is 5.26 Å². The number of hydrogen-bond donors (Lipinski definition) is 1. The fraction of sp³-hybridized carbons (Fsp3) is 0.250. The van der Waals surface area contributed by atoms with Gasteiger partial charge in [0.1, 0.15) is 41.4 Å². The molecule has 6 heteroatoms. The molecule has 0 spiro atoms. The molecule has 1 aliphatic rings. The van der Waals surface area contributed by atoms with Gasteiger partial charge in [0.15, 0.2) is 0 Å². The summed E-state index contributed by atoms with van der Waals surface area (Å²) in [5.41, 5.74) is 11.2. The zero-order chi connectivity index (χ0) is 21.1. The van der Waals surface area contributed by atoms with Gasteiger partial charge in [-0.25, -0.2) is 9.37 Å². The summed E-state index contributed by atoms with van der Waals surface area (Å²) in [7, 11) is 1.60. The number of halogens is 1. The van der Waals surface area contributed by atoms with E-state index in [2.05, 4.69) is 11.1 Å². The SMILES string of the molecule is COc1cc(-c2c(C#N)c(N)nc3c2CCCC3)ccc1COc1ccc(F)cc1. The smallest absolute Gasteiger partial charge is 0.142 e. The van der Waals surface area contributed by atoms with Gasteiger partial charge in [0.2, 0.25) is 0 Å². The molecule has 0 atom stereocenters. The Labute approximate surface area is 174 Å². The molecule has 0 fully saturated rings. The number of nitrogens with zero attached hydrogens (tertiary/aromatic N) is 2. The Kier molecular flexibility index (Phi) is 5.53.